The van der Waals surface area contributed by atoms with Crippen LogP contribution in [0.25, 0.3) is 0 Å². The molecule has 0 saturated heterocycles. The fourth-order valence-corrected chi connectivity index (χ4v) is 6.47. The third kappa shape index (κ3) is 5.38. The Hall–Kier alpha value is -3.79. The van der Waals surface area contributed by atoms with E-state index in [0.29, 0.717) is 36.9 Å². The van der Waals surface area contributed by atoms with Gasteiger partial charge in [0.25, 0.3) is 10.0 Å². The number of nitrogens with one attached hydrogen (secondary N) is 1. The van der Waals surface area contributed by atoms with E-state index < -0.39 is 33.9 Å². The molecule has 206 valence electrons. The van der Waals surface area contributed by atoms with Crippen molar-refractivity contribution < 1.29 is 31.8 Å². The zero-order valence-electron chi connectivity index (χ0n) is 21.9. The quantitative estimate of drug-likeness (QED) is 0.422. The number of rotatable bonds is 8. The van der Waals surface area contributed by atoms with E-state index >= 15 is 0 Å². The molecule has 0 radical (unpaired) electrons. The number of anilines is 1. The van der Waals surface area contributed by atoms with Gasteiger partial charge in [0.2, 0.25) is 5.91 Å². The average molecular weight is 555 g/mol. The zero-order valence-corrected chi connectivity index (χ0v) is 22.7. The molecule has 0 aliphatic carbocycles. The maximum absolute atomic E-state index is 13.9. The molecule has 0 unspecified atom stereocenters. The second-order valence-electron chi connectivity index (χ2n) is 9.65. The van der Waals surface area contributed by atoms with Gasteiger partial charge in [-0.25, -0.2) is 12.8 Å². The Morgan fingerprint density at radius 2 is 1.67 bits per heavy atom. The summed E-state index contributed by atoms with van der Waals surface area (Å²) >= 11 is 0. The van der Waals surface area contributed by atoms with Gasteiger partial charge < -0.3 is 19.5 Å². The van der Waals surface area contributed by atoms with Crippen molar-refractivity contribution in [2.24, 2.45) is 0 Å². The zero-order chi connectivity index (χ0) is 27.6. The van der Waals surface area contributed by atoms with Crippen LogP contribution in [0.15, 0.2) is 71.6 Å². The Kier molecular flexibility index (Phi) is 7.40. The second kappa shape index (κ2) is 10.8. The minimum absolute atomic E-state index is 0.0729. The molecule has 1 N–H and O–H groups in total. The van der Waals surface area contributed by atoms with Crippen LogP contribution in [0.3, 0.4) is 0 Å². The van der Waals surface area contributed by atoms with Crippen molar-refractivity contribution >= 4 is 21.6 Å². The van der Waals surface area contributed by atoms with E-state index in [1.54, 1.807) is 0 Å². The van der Waals surface area contributed by atoms with Gasteiger partial charge >= 0.3 is 0 Å². The SMILES string of the molecule is CCC1(CC)C[C@H](NC(=O)CN(c2ccc(F)cc2)S(=O)(=O)c2ccc3c(c2)OCCO3)c2ccccc2O1. The van der Waals surface area contributed by atoms with Gasteiger partial charge in [-0.1, -0.05) is 32.0 Å². The third-order valence-corrected chi connectivity index (χ3v) is 9.09. The molecule has 10 heteroatoms. The maximum Gasteiger partial charge on any atom is 0.264 e. The fraction of sp³-hybridized carbons (Fsp3) is 0.345. The molecular weight excluding hydrogens is 523 g/mol. The number of hydrogen-bond donors (Lipinski definition) is 1. The molecule has 0 bridgehead atoms. The monoisotopic (exact) mass is 554 g/mol. The number of para-hydroxylation sites is 1. The number of sulfonamides is 1. The summed E-state index contributed by atoms with van der Waals surface area (Å²) in [4.78, 5) is 13.4. The number of hydrogen-bond acceptors (Lipinski definition) is 6. The molecule has 8 nitrogen and oxygen atoms in total. The predicted octanol–water partition coefficient (Wildman–Crippen LogP) is 4.99. The van der Waals surface area contributed by atoms with Gasteiger partial charge in [0.05, 0.1) is 16.6 Å². The van der Waals surface area contributed by atoms with Crippen molar-refractivity contribution in [3.05, 3.63) is 78.1 Å². The van der Waals surface area contributed by atoms with Crippen LogP contribution in [0.4, 0.5) is 10.1 Å². The lowest BCUT2D eigenvalue weighted by Crippen LogP contribution is -2.47. The minimum Gasteiger partial charge on any atom is -0.487 e. The predicted molar refractivity (Wildman–Crippen MR) is 144 cm³/mol. The van der Waals surface area contributed by atoms with Crippen molar-refractivity contribution in [3.8, 4) is 17.2 Å². The summed E-state index contributed by atoms with van der Waals surface area (Å²) in [6, 6.07) is 16.5. The van der Waals surface area contributed by atoms with E-state index in [1.807, 2.05) is 38.1 Å². The van der Waals surface area contributed by atoms with Gasteiger partial charge in [0.1, 0.15) is 36.9 Å². The van der Waals surface area contributed by atoms with Crippen molar-refractivity contribution in [3.63, 3.8) is 0 Å². The van der Waals surface area contributed by atoms with E-state index in [2.05, 4.69) is 5.32 Å². The van der Waals surface area contributed by atoms with Gasteiger partial charge in [-0.05, 0) is 55.3 Å². The highest BCUT2D eigenvalue weighted by atomic mass is 32.2. The third-order valence-electron chi connectivity index (χ3n) is 7.32. The standard InChI is InChI=1S/C29H31FN2O6S/c1-3-29(4-2)18-24(23-7-5-6-8-25(23)38-29)31-28(33)19-32(21-11-9-20(30)10-12-21)39(34,35)22-13-14-26-27(17-22)37-16-15-36-26/h5-14,17,24H,3-4,15-16,18-19H2,1-2H3,(H,31,33)/t24-/m0/s1. The van der Waals surface area contributed by atoms with E-state index in [4.69, 9.17) is 14.2 Å². The molecule has 3 aromatic carbocycles. The smallest absolute Gasteiger partial charge is 0.264 e. The first-order chi connectivity index (χ1) is 18.7. The van der Waals surface area contributed by atoms with E-state index in [0.717, 1.165) is 34.8 Å². The van der Waals surface area contributed by atoms with Crippen molar-refractivity contribution in [2.45, 2.75) is 49.6 Å². The molecule has 3 aromatic rings. The number of amides is 1. The van der Waals surface area contributed by atoms with Crippen LogP contribution in [-0.4, -0.2) is 39.7 Å². The van der Waals surface area contributed by atoms with Gasteiger partial charge in [0, 0.05) is 18.1 Å². The summed E-state index contributed by atoms with van der Waals surface area (Å²) in [6.45, 7) is 4.25. The van der Waals surface area contributed by atoms with Crippen molar-refractivity contribution in [1.29, 1.82) is 0 Å². The fourth-order valence-electron chi connectivity index (χ4n) is 5.03. The Labute approximate surface area is 227 Å². The molecule has 5 rings (SSSR count). The molecule has 1 amide bonds. The highest BCUT2D eigenvalue weighted by Gasteiger charge is 2.39. The summed E-state index contributed by atoms with van der Waals surface area (Å²) in [6.07, 6.45) is 2.06. The van der Waals surface area contributed by atoms with Crippen LogP contribution in [0.1, 0.15) is 44.7 Å². The van der Waals surface area contributed by atoms with Crippen LogP contribution in [0.2, 0.25) is 0 Å². The first kappa shape index (κ1) is 26.8. The Bertz CT molecular complexity index is 1460. The van der Waals surface area contributed by atoms with Gasteiger partial charge in [-0.3, -0.25) is 9.10 Å². The molecule has 39 heavy (non-hydrogen) atoms. The van der Waals surface area contributed by atoms with Crippen LogP contribution >= 0.6 is 0 Å². The Morgan fingerprint density at radius 3 is 2.38 bits per heavy atom. The highest BCUT2D eigenvalue weighted by molar-refractivity contribution is 7.92. The highest BCUT2D eigenvalue weighted by Crippen LogP contribution is 2.42. The van der Waals surface area contributed by atoms with Gasteiger partial charge in [-0.2, -0.15) is 0 Å². The summed E-state index contributed by atoms with van der Waals surface area (Å²) < 4.78 is 59.8. The van der Waals surface area contributed by atoms with E-state index in [9.17, 15) is 17.6 Å². The molecule has 2 aliphatic heterocycles. The summed E-state index contributed by atoms with van der Waals surface area (Å²) in [7, 11) is -4.24. The molecule has 0 spiro atoms. The largest absolute Gasteiger partial charge is 0.487 e. The summed E-state index contributed by atoms with van der Waals surface area (Å²) in [5.41, 5.74) is 0.553. The minimum atomic E-state index is -4.24. The summed E-state index contributed by atoms with van der Waals surface area (Å²) in [5, 5.41) is 3.04. The molecular formula is C29H31FN2O6S. The lowest BCUT2D eigenvalue weighted by Gasteiger charge is -2.41. The Balaban J connectivity index is 1.45. The molecule has 0 saturated carbocycles. The maximum atomic E-state index is 13.9. The molecule has 2 aliphatic rings. The lowest BCUT2D eigenvalue weighted by molar-refractivity contribution is -0.121. The number of halogens is 1. The second-order valence-corrected chi connectivity index (χ2v) is 11.5. The number of nitrogens with zero attached hydrogens (tertiary/aromatic N) is 1. The first-order valence-electron chi connectivity index (χ1n) is 13.0. The summed E-state index contributed by atoms with van der Waals surface area (Å²) in [5.74, 6) is 0.439. The van der Waals surface area contributed by atoms with E-state index in [-0.39, 0.29) is 16.6 Å². The van der Waals surface area contributed by atoms with Crippen LogP contribution in [0, 0.1) is 5.82 Å². The lowest BCUT2D eigenvalue weighted by atomic mass is 9.83. The van der Waals surface area contributed by atoms with Crippen LogP contribution in [0.5, 0.6) is 17.2 Å². The number of ether oxygens (including phenoxy) is 3. The number of carbonyl (C=O) groups is 1. The molecule has 2 heterocycles. The van der Waals surface area contributed by atoms with Gasteiger partial charge in [-0.15, -0.1) is 0 Å². The van der Waals surface area contributed by atoms with Gasteiger partial charge in [0.15, 0.2) is 11.5 Å². The van der Waals surface area contributed by atoms with Crippen molar-refractivity contribution in [1.82, 2.24) is 5.32 Å². The first-order valence-corrected chi connectivity index (χ1v) is 14.4. The van der Waals surface area contributed by atoms with E-state index in [1.165, 1.54) is 30.3 Å². The molecule has 0 fully saturated rings. The number of carbonyl (C=O) groups excluding carboxylic acids is 1. The number of fused-ring (bicyclic) bond motifs is 2. The topological polar surface area (TPSA) is 94.2 Å². The number of benzene rings is 3. The normalized spacial score (nSPS) is 17.5. The van der Waals surface area contributed by atoms with Crippen LogP contribution in [-0.2, 0) is 14.8 Å². The molecule has 0 aromatic heterocycles. The average Bonchev–Trinajstić information content (AvgIpc) is 2.96. The van der Waals surface area contributed by atoms with Crippen LogP contribution < -0.4 is 23.8 Å². The van der Waals surface area contributed by atoms with Crippen molar-refractivity contribution in [2.75, 3.05) is 24.1 Å². The molecule has 1 atom stereocenters. The Morgan fingerprint density at radius 1 is 0.974 bits per heavy atom.